The van der Waals surface area contributed by atoms with Crippen molar-refractivity contribution in [1.82, 2.24) is 0 Å². The van der Waals surface area contributed by atoms with Crippen LogP contribution >= 0.6 is 0 Å². The van der Waals surface area contributed by atoms with Gasteiger partial charge < -0.3 is 24.4 Å². The van der Waals surface area contributed by atoms with Crippen molar-refractivity contribution in [3.63, 3.8) is 0 Å². The Morgan fingerprint density at radius 1 is 0.636 bits per heavy atom. The lowest BCUT2D eigenvalue weighted by Gasteiger charge is -2.41. The first-order valence-electron chi connectivity index (χ1n) is 22.3. The summed E-state index contributed by atoms with van der Waals surface area (Å²) in [6.45, 7) is 4.49. The van der Waals surface area contributed by atoms with Gasteiger partial charge in [0.15, 0.2) is 17.3 Å². The molecule has 0 fully saturated rings. The third-order valence-electron chi connectivity index (χ3n) is 11.7. The molecule has 0 unspecified atom stereocenters. The number of fused-ring (bicyclic) bond motifs is 3. The number of Topliss-reactive ketones (excluding diaryl/α,β-unsaturated/α-hetero) is 1. The van der Waals surface area contributed by atoms with Crippen LogP contribution in [0.25, 0.3) is 0 Å². The van der Waals surface area contributed by atoms with Crippen molar-refractivity contribution < 1.29 is 34.0 Å². The zero-order valence-corrected chi connectivity index (χ0v) is 35.2. The second-order valence-corrected chi connectivity index (χ2v) is 16.0. The number of phenols is 1. The quantitative estimate of drug-likeness (QED) is 0.0556. The number of hydrogen-bond donors (Lipinski definition) is 2. The largest absolute Gasteiger partial charge is 0.504 e. The van der Waals surface area contributed by atoms with Gasteiger partial charge in [0.2, 0.25) is 11.6 Å². The summed E-state index contributed by atoms with van der Waals surface area (Å²) in [6, 6.07) is 1.50. The van der Waals surface area contributed by atoms with Crippen LogP contribution in [0.3, 0.4) is 0 Å². The van der Waals surface area contributed by atoms with Crippen molar-refractivity contribution in [1.29, 1.82) is 0 Å². The van der Waals surface area contributed by atoms with Crippen LogP contribution < -0.4 is 9.47 Å². The van der Waals surface area contributed by atoms with Crippen LogP contribution in [0.15, 0.2) is 42.2 Å². The molecule has 0 bridgehead atoms. The molecule has 1 aromatic carbocycles. The Morgan fingerprint density at radius 3 is 1.56 bits per heavy atom. The fraction of sp³-hybridized carbons (Fsp3) is 0.708. The normalized spacial score (nSPS) is 19.3. The summed E-state index contributed by atoms with van der Waals surface area (Å²) in [6.07, 6.45) is 41.0. The first-order chi connectivity index (χ1) is 26.8. The monoisotopic (exact) mass is 765 g/mol. The Labute approximate surface area is 334 Å². The lowest BCUT2D eigenvalue weighted by atomic mass is 9.62. The van der Waals surface area contributed by atoms with Crippen molar-refractivity contribution in [3.8, 4) is 17.2 Å². The van der Waals surface area contributed by atoms with Crippen molar-refractivity contribution in [2.45, 2.75) is 205 Å². The summed E-state index contributed by atoms with van der Waals surface area (Å²) in [5.74, 6) is -3.37. The highest BCUT2D eigenvalue weighted by molar-refractivity contribution is 6.18. The molecule has 0 saturated carbocycles. The molecule has 0 aromatic heterocycles. The first-order valence-corrected chi connectivity index (χ1v) is 22.3. The average molecular weight is 765 g/mol. The highest BCUT2D eigenvalue weighted by atomic mass is 16.6. The fourth-order valence-corrected chi connectivity index (χ4v) is 8.45. The summed E-state index contributed by atoms with van der Waals surface area (Å²) in [5, 5.41) is 23.6. The number of ether oxygens (including phenoxy) is 3. The molecule has 310 valence electrons. The maximum absolute atomic E-state index is 14.4. The van der Waals surface area contributed by atoms with Gasteiger partial charge in [-0.1, -0.05) is 147 Å². The number of hydrogen-bond acceptors (Lipinski definition) is 7. The molecule has 1 aliphatic heterocycles. The maximum atomic E-state index is 14.4. The number of phenolic OH excluding ortho intramolecular Hbond substituents is 1. The number of ketones is 2. The molecule has 7 heteroatoms. The van der Waals surface area contributed by atoms with E-state index in [1.54, 1.807) is 0 Å². The minimum Gasteiger partial charge on any atom is -0.504 e. The Kier molecular flexibility index (Phi) is 21.9. The van der Waals surface area contributed by atoms with E-state index in [1.165, 1.54) is 117 Å². The van der Waals surface area contributed by atoms with E-state index in [2.05, 4.69) is 38.2 Å². The Hall–Kier alpha value is -3.06. The van der Waals surface area contributed by atoms with Gasteiger partial charge in [0.25, 0.3) is 5.79 Å². The number of allylic oxidation sites excluding steroid dienone is 5. The van der Waals surface area contributed by atoms with Gasteiger partial charge in [-0.15, -0.1) is 0 Å². The van der Waals surface area contributed by atoms with Crippen molar-refractivity contribution >= 4 is 11.6 Å². The van der Waals surface area contributed by atoms with Gasteiger partial charge in [-0.2, -0.15) is 0 Å². The summed E-state index contributed by atoms with van der Waals surface area (Å²) in [7, 11) is 2.84. The molecule has 1 aliphatic carbocycles. The number of benzene rings is 1. The molecule has 3 rings (SSSR count). The topological polar surface area (TPSA) is 102 Å². The summed E-state index contributed by atoms with van der Waals surface area (Å²) in [4.78, 5) is 28.0. The molecular weight excluding hydrogens is 689 g/mol. The number of carbonyl (C=O) groups is 2. The third-order valence-corrected chi connectivity index (χ3v) is 11.7. The molecule has 2 N–H and O–H groups in total. The van der Waals surface area contributed by atoms with E-state index in [-0.39, 0.29) is 29.4 Å². The summed E-state index contributed by atoms with van der Waals surface area (Å²) >= 11 is 0. The molecule has 55 heavy (non-hydrogen) atoms. The smallest absolute Gasteiger partial charge is 0.289 e. The summed E-state index contributed by atoms with van der Waals surface area (Å²) < 4.78 is 17.0. The van der Waals surface area contributed by atoms with Gasteiger partial charge in [0, 0.05) is 23.3 Å². The van der Waals surface area contributed by atoms with Crippen LogP contribution in [0.1, 0.15) is 198 Å². The van der Waals surface area contributed by atoms with Crippen molar-refractivity contribution in [2.24, 2.45) is 0 Å². The van der Waals surface area contributed by atoms with Gasteiger partial charge in [0.05, 0.1) is 14.2 Å². The number of aliphatic hydroxyl groups is 1. The molecule has 2 aliphatic rings. The summed E-state index contributed by atoms with van der Waals surface area (Å²) in [5.41, 5.74) is -0.794. The molecule has 0 radical (unpaired) electrons. The number of methoxy groups -OCH3 is 2. The minimum atomic E-state index is -2.42. The molecule has 1 heterocycles. The van der Waals surface area contributed by atoms with Crippen LogP contribution in [-0.2, 0) is 26.2 Å². The van der Waals surface area contributed by atoms with Crippen LogP contribution in [0.4, 0.5) is 0 Å². The Balaban J connectivity index is 1.58. The Bertz CT molecular complexity index is 1380. The molecule has 7 nitrogen and oxygen atoms in total. The van der Waals surface area contributed by atoms with E-state index in [4.69, 9.17) is 14.2 Å². The third kappa shape index (κ3) is 13.3. The highest BCUT2D eigenvalue weighted by Crippen LogP contribution is 2.59. The number of unbranched alkanes of at least 4 members (excludes halogenated alkanes) is 22. The lowest BCUT2D eigenvalue weighted by molar-refractivity contribution is -0.190. The van der Waals surface area contributed by atoms with Gasteiger partial charge in [-0.25, -0.2) is 0 Å². The standard InChI is InChI=1S/C48H76O7/c1-5-7-9-11-13-15-17-19-21-23-25-27-29-31-33-35-39-44-40(37-41(53-3)45(39)50)55-48(52)43(49)38-42(54-4)46(51)47(44,48)36-34-32-30-28-26-24-22-20-18-16-14-12-10-8-6-2/h15-18,37-38,50,52H,5-14,19-36H2,1-4H3/b17-15-,18-16-/t47-,48+/m0/s1. The van der Waals surface area contributed by atoms with Gasteiger partial charge in [-0.3, -0.25) is 9.59 Å². The van der Waals surface area contributed by atoms with E-state index >= 15 is 0 Å². The molecule has 2 atom stereocenters. The van der Waals surface area contributed by atoms with Gasteiger partial charge in [-0.05, 0) is 70.6 Å². The minimum absolute atomic E-state index is 0.0630. The van der Waals surface area contributed by atoms with Crippen LogP contribution in [0.5, 0.6) is 17.2 Å². The molecule has 0 spiro atoms. The molecule has 0 amide bonds. The van der Waals surface area contributed by atoms with Crippen molar-refractivity contribution in [2.75, 3.05) is 14.2 Å². The van der Waals surface area contributed by atoms with E-state index in [1.807, 2.05) is 0 Å². The van der Waals surface area contributed by atoms with E-state index in [9.17, 15) is 19.8 Å². The first kappa shape index (κ1) is 46.3. The SMILES string of the molecule is CCCCCC/C=C\CCCCCCCCCc1c(O)c(OC)cc2c1[C@@]1(CCCCCCCCC/C=C\CCCCCC)C(=O)C(OC)=CC(=O)[C@@]1(O)O2. The second kappa shape index (κ2) is 26.0. The fourth-order valence-electron chi connectivity index (χ4n) is 8.45. The van der Waals surface area contributed by atoms with Gasteiger partial charge >= 0.3 is 0 Å². The van der Waals surface area contributed by atoms with Crippen LogP contribution in [0, 0.1) is 0 Å². The maximum Gasteiger partial charge on any atom is 0.289 e. The van der Waals surface area contributed by atoms with E-state index in [0.717, 1.165) is 70.3 Å². The zero-order chi connectivity index (χ0) is 39.8. The lowest BCUT2D eigenvalue weighted by Crippen LogP contribution is -2.63. The van der Waals surface area contributed by atoms with E-state index in [0.29, 0.717) is 24.0 Å². The van der Waals surface area contributed by atoms with Crippen molar-refractivity contribution in [3.05, 3.63) is 53.3 Å². The predicted molar refractivity (Wildman–Crippen MR) is 225 cm³/mol. The number of rotatable bonds is 32. The highest BCUT2D eigenvalue weighted by Gasteiger charge is 2.71. The second-order valence-electron chi connectivity index (χ2n) is 16.0. The number of carbonyl (C=O) groups excluding carboxylic acids is 2. The van der Waals surface area contributed by atoms with E-state index < -0.39 is 22.8 Å². The molecule has 1 aromatic rings. The molecule has 0 saturated heterocycles. The van der Waals surface area contributed by atoms with Crippen LogP contribution in [0.2, 0.25) is 0 Å². The number of aromatic hydroxyl groups is 1. The predicted octanol–water partition coefficient (Wildman–Crippen LogP) is 12.6. The molecular formula is C48H76O7. The average Bonchev–Trinajstić information content (AvgIpc) is 3.45. The van der Waals surface area contributed by atoms with Gasteiger partial charge in [0.1, 0.15) is 11.2 Å². The Morgan fingerprint density at radius 2 is 1.09 bits per heavy atom. The zero-order valence-electron chi connectivity index (χ0n) is 35.2. The van der Waals surface area contributed by atoms with Crippen LogP contribution in [-0.4, -0.2) is 41.8 Å².